The summed E-state index contributed by atoms with van der Waals surface area (Å²) >= 11 is 0. The number of rotatable bonds is 18. The lowest BCUT2D eigenvalue weighted by Gasteiger charge is -2.39. The fourth-order valence-electron chi connectivity index (χ4n) is 3.32. The molecule has 0 aliphatic rings. The van der Waals surface area contributed by atoms with E-state index >= 15 is 0 Å². The number of hydrogen-bond acceptors (Lipinski definition) is 2. The van der Waals surface area contributed by atoms with Crippen LogP contribution >= 0.6 is 0 Å². The van der Waals surface area contributed by atoms with Crippen molar-refractivity contribution in [3.05, 3.63) is 12.2 Å². The number of aliphatic carboxylic acids is 1. The van der Waals surface area contributed by atoms with Gasteiger partial charge in [0.25, 0.3) is 0 Å². The Balaban J connectivity index is 4.01. The van der Waals surface area contributed by atoms with Gasteiger partial charge in [0, 0.05) is 0 Å². The predicted octanol–water partition coefficient (Wildman–Crippen LogP) is 8.50. The zero-order chi connectivity index (χ0) is 22.3. The number of carboxylic acid groups (broad SMARTS) is 1. The zero-order valence-corrected chi connectivity index (χ0v) is 21.4. The van der Waals surface area contributed by atoms with Crippen LogP contribution in [-0.4, -0.2) is 25.5 Å². The van der Waals surface area contributed by atoms with Crippen LogP contribution in [0.3, 0.4) is 0 Å². The van der Waals surface area contributed by atoms with Gasteiger partial charge in [-0.3, -0.25) is 0 Å². The van der Waals surface area contributed by atoms with Crippen molar-refractivity contribution in [2.45, 2.75) is 142 Å². The van der Waals surface area contributed by atoms with E-state index in [1.807, 2.05) is 0 Å². The molecular formula is C25H50O3Si. The minimum Gasteiger partial charge on any atom is -0.478 e. The minimum atomic E-state index is -2.01. The monoisotopic (exact) mass is 426 g/mol. The molecule has 29 heavy (non-hydrogen) atoms. The van der Waals surface area contributed by atoms with Crippen LogP contribution in [0.4, 0.5) is 0 Å². The largest absolute Gasteiger partial charge is 0.478 e. The van der Waals surface area contributed by atoms with Gasteiger partial charge in [-0.25, -0.2) is 4.79 Å². The molecule has 4 heteroatoms. The maximum Gasteiger partial charge on any atom is 0.333 e. The molecule has 1 N–H and O–H groups in total. The summed E-state index contributed by atoms with van der Waals surface area (Å²) < 4.78 is 6.39. The average Bonchev–Trinajstić information content (AvgIpc) is 2.62. The van der Waals surface area contributed by atoms with Gasteiger partial charge >= 0.3 is 5.97 Å². The molecule has 0 amide bonds. The molecule has 172 valence electrons. The lowest BCUT2D eigenvalue weighted by Crippen LogP contribution is -2.45. The van der Waals surface area contributed by atoms with Gasteiger partial charge in [-0.1, -0.05) is 118 Å². The predicted molar refractivity (Wildman–Crippen MR) is 129 cm³/mol. The number of unbranched alkanes of at least 4 members (excludes halogenated alkanes) is 12. The summed E-state index contributed by atoms with van der Waals surface area (Å²) in [5.74, 6) is -0.927. The Bertz CT molecular complexity index is 451. The Morgan fingerprint density at radius 3 is 1.59 bits per heavy atom. The molecule has 0 bridgehead atoms. The second-order valence-electron chi connectivity index (χ2n) is 10.2. The number of carbonyl (C=O) groups is 1. The van der Waals surface area contributed by atoms with E-state index in [0.29, 0.717) is 0 Å². The molecule has 0 saturated heterocycles. The van der Waals surface area contributed by atoms with Crippen molar-refractivity contribution in [3.63, 3.8) is 0 Å². The van der Waals surface area contributed by atoms with Gasteiger partial charge in [0.15, 0.2) is 8.32 Å². The van der Waals surface area contributed by atoms with Crippen LogP contribution in [0.1, 0.15) is 118 Å². The van der Waals surface area contributed by atoms with Crippen LogP contribution < -0.4 is 0 Å². The number of hydrogen-bond donors (Lipinski definition) is 1. The van der Waals surface area contributed by atoms with Crippen molar-refractivity contribution in [1.82, 2.24) is 0 Å². The van der Waals surface area contributed by atoms with E-state index < -0.39 is 14.3 Å². The first-order valence-corrected chi connectivity index (χ1v) is 15.0. The van der Waals surface area contributed by atoms with E-state index in [0.717, 1.165) is 19.3 Å². The smallest absolute Gasteiger partial charge is 0.333 e. The molecule has 1 unspecified atom stereocenters. The summed E-state index contributed by atoms with van der Waals surface area (Å²) in [4.78, 5) is 11.4. The molecule has 0 radical (unpaired) electrons. The van der Waals surface area contributed by atoms with Crippen molar-refractivity contribution in [3.8, 4) is 0 Å². The summed E-state index contributed by atoms with van der Waals surface area (Å²) in [5.41, 5.74) is 0.216. The van der Waals surface area contributed by atoms with Crippen molar-refractivity contribution in [2.24, 2.45) is 0 Å². The van der Waals surface area contributed by atoms with E-state index in [9.17, 15) is 9.90 Å². The molecule has 1 atom stereocenters. The summed E-state index contributed by atoms with van der Waals surface area (Å²) in [6.45, 7) is 17.0. The third-order valence-electron chi connectivity index (χ3n) is 6.48. The Morgan fingerprint density at radius 1 is 0.862 bits per heavy atom. The van der Waals surface area contributed by atoms with Gasteiger partial charge in [0.2, 0.25) is 0 Å². The molecule has 3 nitrogen and oxygen atoms in total. The lowest BCUT2D eigenvalue weighted by molar-refractivity contribution is -0.133. The molecule has 0 fully saturated rings. The van der Waals surface area contributed by atoms with E-state index in [-0.39, 0.29) is 16.7 Å². The summed E-state index contributed by atoms with van der Waals surface area (Å²) in [7, 11) is -2.01. The highest BCUT2D eigenvalue weighted by molar-refractivity contribution is 6.74. The average molecular weight is 427 g/mol. The fraction of sp³-hybridized carbons (Fsp3) is 0.880. The lowest BCUT2D eigenvalue weighted by atomic mass is 10.0. The minimum absolute atomic E-state index is 0.0695. The Hall–Kier alpha value is -0.613. The molecule has 0 heterocycles. The van der Waals surface area contributed by atoms with Crippen molar-refractivity contribution >= 4 is 14.3 Å². The quantitative estimate of drug-likeness (QED) is 0.136. The molecule has 0 aliphatic heterocycles. The molecule has 0 saturated carbocycles. The fourth-order valence-corrected chi connectivity index (χ4v) is 4.65. The van der Waals surface area contributed by atoms with Gasteiger partial charge in [-0.2, -0.15) is 0 Å². The standard InChI is InChI=1S/C25H50O3Si/c1-8-9-10-11-12-13-14-15-16-17-18-19-20-21-23(22(2)24(26)27)28-29(6,7)25(3,4)5/h23H,2,8-21H2,1,3-7H3,(H,26,27). The van der Waals surface area contributed by atoms with Crippen LogP contribution in [-0.2, 0) is 9.22 Å². The topological polar surface area (TPSA) is 46.5 Å². The maximum absolute atomic E-state index is 11.4. The van der Waals surface area contributed by atoms with Gasteiger partial charge in [-0.05, 0) is 24.6 Å². The first-order chi connectivity index (χ1) is 13.5. The van der Waals surface area contributed by atoms with Crippen LogP contribution in [0.2, 0.25) is 18.1 Å². The van der Waals surface area contributed by atoms with Crippen LogP contribution in [0.25, 0.3) is 0 Å². The van der Waals surface area contributed by atoms with Crippen LogP contribution in [0.5, 0.6) is 0 Å². The second-order valence-corrected chi connectivity index (χ2v) is 15.0. The highest BCUT2D eigenvalue weighted by Gasteiger charge is 2.40. The van der Waals surface area contributed by atoms with E-state index in [1.165, 1.54) is 70.6 Å². The number of carboxylic acids is 1. The van der Waals surface area contributed by atoms with Crippen molar-refractivity contribution in [1.29, 1.82) is 0 Å². The second kappa shape index (κ2) is 15.2. The Morgan fingerprint density at radius 2 is 1.24 bits per heavy atom. The van der Waals surface area contributed by atoms with Crippen molar-refractivity contribution in [2.75, 3.05) is 0 Å². The Labute approximate surface area is 182 Å². The highest BCUT2D eigenvalue weighted by atomic mass is 28.4. The third kappa shape index (κ3) is 13.3. The van der Waals surface area contributed by atoms with E-state index in [1.54, 1.807) is 0 Å². The normalized spacial score (nSPS) is 13.4. The SMILES string of the molecule is C=C(C(=O)O)C(CCCCCCCCCCCCCCC)O[Si](C)(C)C(C)(C)C. The first-order valence-electron chi connectivity index (χ1n) is 12.1. The molecule has 0 spiro atoms. The van der Waals surface area contributed by atoms with Crippen molar-refractivity contribution < 1.29 is 14.3 Å². The van der Waals surface area contributed by atoms with Gasteiger partial charge < -0.3 is 9.53 Å². The summed E-state index contributed by atoms with van der Waals surface area (Å²) in [6, 6.07) is 0. The first kappa shape index (κ1) is 28.4. The Kier molecular flexibility index (Phi) is 14.9. The molecule has 0 aliphatic carbocycles. The molecule has 0 aromatic carbocycles. The van der Waals surface area contributed by atoms with Crippen LogP contribution in [0, 0.1) is 0 Å². The summed E-state index contributed by atoms with van der Waals surface area (Å²) in [6.07, 6.45) is 17.5. The zero-order valence-electron chi connectivity index (χ0n) is 20.4. The molecule has 0 aromatic heterocycles. The van der Waals surface area contributed by atoms with E-state index in [2.05, 4.69) is 47.4 Å². The van der Waals surface area contributed by atoms with Gasteiger partial charge in [0.05, 0.1) is 11.7 Å². The molecular weight excluding hydrogens is 376 g/mol. The van der Waals surface area contributed by atoms with E-state index in [4.69, 9.17) is 4.43 Å². The third-order valence-corrected chi connectivity index (χ3v) is 11.0. The van der Waals surface area contributed by atoms with Gasteiger partial charge in [0.1, 0.15) is 0 Å². The van der Waals surface area contributed by atoms with Gasteiger partial charge in [-0.15, -0.1) is 0 Å². The summed E-state index contributed by atoms with van der Waals surface area (Å²) in [5, 5.41) is 9.46. The maximum atomic E-state index is 11.4. The molecule has 0 aromatic rings. The molecule has 0 rings (SSSR count). The highest BCUT2D eigenvalue weighted by Crippen LogP contribution is 2.38. The van der Waals surface area contributed by atoms with Crippen LogP contribution in [0.15, 0.2) is 12.2 Å².